The van der Waals surface area contributed by atoms with Crippen LogP contribution in [0.2, 0.25) is 0 Å². The number of aliphatic hydroxyl groups is 1. The Morgan fingerprint density at radius 3 is 1.53 bits per heavy atom. The molecule has 72 heavy (non-hydrogen) atoms. The third-order valence-corrected chi connectivity index (χ3v) is 31.6. The molecular formula is C69H115NO2. The van der Waals surface area contributed by atoms with E-state index in [9.17, 15) is 15.6 Å². The molecule has 3 nitrogen and oxygen atoms in total. The number of fused-ring (bicyclic) bond motifs is 15. The molecule has 0 saturated heterocycles. The summed E-state index contributed by atoms with van der Waals surface area (Å²) in [6, 6.07) is 0. The first-order chi connectivity index (χ1) is 34.2. The highest BCUT2D eigenvalue weighted by atomic mass is 16.3. The molecule has 0 radical (unpaired) electrons. The molecule has 0 heterocycles. The molecule has 408 valence electrons. The average Bonchev–Trinajstić information content (AvgIpc) is 3.94. The molecule has 3 heteroatoms. The van der Waals surface area contributed by atoms with Crippen molar-refractivity contribution in [3.05, 3.63) is 0 Å². The van der Waals surface area contributed by atoms with Crippen LogP contribution in [-0.2, 0) is 4.79 Å². The zero-order valence-corrected chi connectivity index (χ0v) is 49.3. The van der Waals surface area contributed by atoms with Crippen LogP contribution in [0.25, 0.3) is 0 Å². The van der Waals surface area contributed by atoms with Crippen molar-refractivity contribution < 1.29 is 9.90 Å². The van der Waals surface area contributed by atoms with Gasteiger partial charge in [-0.3, -0.25) is 4.79 Å². The van der Waals surface area contributed by atoms with Gasteiger partial charge in [0.25, 0.3) is 0 Å². The highest BCUT2D eigenvalue weighted by Crippen LogP contribution is 2.84. The van der Waals surface area contributed by atoms with Gasteiger partial charge in [-0.05, 0) is 279 Å². The second-order valence-corrected chi connectivity index (χ2v) is 32.9. The minimum Gasteiger partial charge on any atom is -0.385 e. The molecule has 0 aromatic heterocycles. The first-order valence-corrected chi connectivity index (χ1v) is 33.2. The van der Waals surface area contributed by atoms with Crippen molar-refractivity contribution in [2.75, 3.05) is 0 Å². The van der Waals surface area contributed by atoms with Gasteiger partial charge in [-0.2, -0.15) is 0 Å². The Labute approximate surface area is 444 Å². The number of Topliss-reactive ketones (excluding diaryl/α,β-unsaturated/α-hetero) is 1. The van der Waals surface area contributed by atoms with Crippen LogP contribution in [0.15, 0.2) is 0 Å². The van der Waals surface area contributed by atoms with E-state index in [-0.39, 0.29) is 33.5 Å². The van der Waals surface area contributed by atoms with Crippen LogP contribution in [0.3, 0.4) is 0 Å². The Morgan fingerprint density at radius 1 is 0.472 bits per heavy atom. The molecule has 12 rings (SSSR count). The van der Waals surface area contributed by atoms with Crippen molar-refractivity contribution in [2.24, 2.45) is 156 Å². The smallest absolute Gasteiger partial charge is 0.161 e. The summed E-state index contributed by atoms with van der Waals surface area (Å²) in [4.78, 5) is 13.2. The van der Waals surface area contributed by atoms with Crippen LogP contribution in [-0.4, -0.2) is 22.5 Å². The molecule has 12 aliphatic carbocycles. The Bertz CT molecular complexity index is 2050. The van der Waals surface area contributed by atoms with Gasteiger partial charge in [0.05, 0.1) is 0 Å². The molecule has 7 unspecified atom stereocenters. The van der Waals surface area contributed by atoms with Crippen molar-refractivity contribution in [1.82, 2.24) is 0 Å². The van der Waals surface area contributed by atoms with Crippen molar-refractivity contribution in [3.8, 4) is 0 Å². The SMILES string of the molecule is CC[C@@H](C)[C@H]1C(C2(C3(N)C[C@H]4[C@@H]5CCC6C(O)C(=O)CC[C@]6(C)[C@H]5CC[C@]4(C)[C@H]3[C@H](C)CC)C[C@H]3[C@@H]4CCC5CCCC[C@]5(C)[C@H]4CC[C@]3(C)[C@H]2[C@H](C)CC)C[C@H]2[C@@H]3CCC4CCCC[C@]4(C)[C@H]3CC[C@]12C. The van der Waals surface area contributed by atoms with Gasteiger partial charge in [0, 0.05) is 12.0 Å². The van der Waals surface area contributed by atoms with Crippen LogP contribution >= 0.6 is 0 Å². The fraction of sp³-hybridized carbons (Fsp3) is 0.986. The lowest BCUT2D eigenvalue weighted by molar-refractivity contribution is -0.164. The molecular weight excluding hydrogens is 875 g/mol. The fourth-order valence-electron chi connectivity index (χ4n) is 28.5. The van der Waals surface area contributed by atoms with Gasteiger partial charge in [-0.1, -0.05) is 128 Å². The molecule has 0 amide bonds. The van der Waals surface area contributed by atoms with E-state index in [4.69, 9.17) is 0 Å². The number of hydrogen-bond acceptors (Lipinski definition) is 3. The van der Waals surface area contributed by atoms with Crippen molar-refractivity contribution in [3.63, 3.8) is 0 Å². The van der Waals surface area contributed by atoms with E-state index in [1.807, 2.05) is 0 Å². The van der Waals surface area contributed by atoms with Gasteiger partial charge in [-0.15, -0.1) is 0 Å². The lowest BCUT2D eigenvalue weighted by Crippen LogP contribution is -2.67. The zero-order valence-electron chi connectivity index (χ0n) is 49.3. The summed E-state index contributed by atoms with van der Waals surface area (Å²) in [6.07, 6.45) is 37.6. The zero-order chi connectivity index (χ0) is 50.9. The largest absolute Gasteiger partial charge is 0.385 e. The number of hydrogen-bond donors (Lipinski definition) is 2. The van der Waals surface area contributed by atoms with Gasteiger partial charge in [0.1, 0.15) is 6.10 Å². The monoisotopic (exact) mass is 990 g/mol. The van der Waals surface area contributed by atoms with Crippen LogP contribution in [0.4, 0.5) is 0 Å². The van der Waals surface area contributed by atoms with E-state index < -0.39 is 6.10 Å². The quantitative estimate of drug-likeness (QED) is 0.255. The number of carbonyl (C=O) groups excluding carboxylic acids is 1. The summed E-state index contributed by atoms with van der Waals surface area (Å²) in [6.45, 7) is 33.2. The Morgan fingerprint density at radius 2 is 0.958 bits per heavy atom. The van der Waals surface area contributed by atoms with Gasteiger partial charge >= 0.3 is 0 Å². The Balaban J connectivity index is 1.06. The average molecular weight is 991 g/mol. The lowest BCUT2D eigenvalue weighted by atomic mass is 9.42. The number of rotatable bonds is 8. The fourth-order valence-corrected chi connectivity index (χ4v) is 28.5. The van der Waals surface area contributed by atoms with E-state index in [1.54, 1.807) is 0 Å². The molecule has 28 atom stereocenters. The van der Waals surface area contributed by atoms with Gasteiger partial charge in [-0.25, -0.2) is 0 Å². The topological polar surface area (TPSA) is 63.3 Å². The van der Waals surface area contributed by atoms with E-state index in [0.29, 0.717) is 75.4 Å². The summed E-state index contributed by atoms with van der Waals surface area (Å²) >= 11 is 0. The first-order valence-electron chi connectivity index (χ1n) is 33.2. The van der Waals surface area contributed by atoms with E-state index >= 15 is 0 Å². The van der Waals surface area contributed by atoms with Crippen molar-refractivity contribution >= 4 is 5.78 Å². The summed E-state index contributed by atoms with van der Waals surface area (Å²) < 4.78 is 0. The summed E-state index contributed by atoms with van der Waals surface area (Å²) in [5.41, 5.74) is 11.6. The predicted octanol–water partition coefficient (Wildman–Crippen LogP) is 17.6. The second-order valence-electron chi connectivity index (χ2n) is 32.9. The summed E-state index contributed by atoms with van der Waals surface area (Å²) in [5, 5.41) is 11.7. The highest BCUT2D eigenvalue weighted by Gasteiger charge is 2.81. The molecule has 0 bridgehead atoms. The van der Waals surface area contributed by atoms with Crippen molar-refractivity contribution in [1.29, 1.82) is 0 Å². The first kappa shape index (κ1) is 52.3. The maximum atomic E-state index is 13.2. The molecule has 0 aromatic rings. The molecule has 0 aromatic carbocycles. The number of nitrogens with two attached hydrogens (primary N) is 1. The Kier molecular flexibility index (Phi) is 12.9. The van der Waals surface area contributed by atoms with Gasteiger partial charge < -0.3 is 10.8 Å². The normalized spacial score (nSPS) is 59.0. The van der Waals surface area contributed by atoms with Crippen LogP contribution in [0.5, 0.6) is 0 Å². The summed E-state index contributed by atoms with van der Waals surface area (Å²) in [5.74, 6) is 14.0. The molecule has 0 aliphatic heterocycles. The third kappa shape index (κ3) is 6.67. The molecule has 12 saturated carbocycles. The minimum atomic E-state index is -0.750. The second kappa shape index (κ2) is 17.8. The number of ketones is 1. The van der Waals surface area contributed by atoms with Crippen LogP contribution in [0, 0.1) is 150 Å². The minimum absolute atomic E-state index is 0.0566. The van der Waals surface area contributed by atoms with Crippen molar-refractivity contribution in [2.45, 2.75) is 275 Å². The maximum absolute atomic E-state index is 13.2. The molecule has 12 fully saturated rings. The van der Waals surface area contributed by atoms with E-state index in [0.717, 1.165) is 72.0 Å². The van der Waals surface area contributed by atoms with Gasteiger partial charge in [0.15, 0.2) is 5.78 Å². The molecule has 12 aliphatic rings. The maximum Gasteiger partial charge on any atom is 0.161 e. The van der Waals surface area contributed by atoms with E-state index in [1.165, 1.54) is 161 Å². The van der Waals surface area contributed by atoms with Gasteiger partial charge in [0.2, 0.25) is 0 Å². The Hall–Kier alpha value is -0.410. The number of carbonyl (C=O) groups is 1. The van der Waals surface area contributed by atoms with E-state index in [2.05, 4.69) is 83.1 Å². The molecule has 0 spiro atoms. The summed E-state index contributed by atoms with van der Waals surface area (Å²) in [7, 11) is 0. The highest BCUT2D eigenvalue weighted by molar-refractivity contribution is 5.84. The number of aliphatic hydroxyl groups excluding tert-OH is 1. The lowest BCUT2D eigenvalue weighted by Gasteiger charge is -2.63. The molecule has 3 N–H and O–H groups in total. The van der Waals surface area contributed by atoms with Crippen LogP contribution in [0.1, 0.15) is 263 Å². The third-order valence-electron chi connectivity index (χ3n) is 31.6. The van der Waals surface area contributed by atoms with Crippen LogP contribution < -0.4 is 5.73 Å². The predicted molar refractivity (Wildman–Crippen MR) is 299 cm³/mol. The standard InChI is InChI=1S/C69H115NO2/c1-13-41(4)58-54(38-53-46-24-22-44-20-16-18-32-62(44,7)49(46)28-34-65(53,58)10)68(39-55-47-25-23-45-21-17-19-33-63(45,8)50(47)29-35-66(55,11)60(68)42(5)14-2)69(70)40-56-48-26-27-52-59(72)57(71)31-37-64(52,9)51(48)30-36-67(56,12)61(69)43(6)15-3/h41-56,58-61,72H,13-40,70H2,1-12H3/t41-,42-,43-,44?,45?,46-,47-,48-,49+,50+,51+,52?,53+,54?,55+,56+,58+,59?,60-,61-,62+,63+,64-,65+,66+,67+,68?,69?/m1/s1.